The Kier molecular flexibility index (Phi) is 9.44. The van der Waals surface area contributed by atoms with Gasteiger partial charge in [-0.15, -0.1) is 0 Å². The van der Waals surface area contributed by atoms with Crippen molar-refractivity contribution in [2.75, 3.05) is 31.6 Å². The minimum atomic E-state index is 0.0630. The molecular formula is C15H26N4OS. The van der Waals surface area contributed by atoms with Crippen LogP contribution in [-0.4, -0.2) is 42.2 Å². The number of aliphatic imine (C=N–C) groups is 1. The highest BCUT2D eigenvalue weighted by atomic mass is 32.2. The summed E-state index contributed by atoms with van der Waals surface area (Å²) in [4.78, 5) is 16.1. The van der Waals surface area contributed by atoms with Gasteiger partial charge in [0.25, 0.3) is 0 Å². The molecule has 0 aliphatic heterocycles. The number of thioether (sulfide) groups is 1. The highest BCUT2D eigenvalue weighted by Crippen LogP contribution is 1.94. The van der Waals surface area contributed by atoms with Gasteiger partial charge in [-0.2, -0.15) is 11.8 Å². The van der Waals surface area contributed by atoms with Gasteiger partial charge < -0.3 is 15.2 Å². The molecule has 0 saturated heterocycles. The van der Waals surface area contributed by atoms with Crippen molar-refractivity contribution in [1.82, 2.24) is 15.2 Å². The molecule has 0 fully saturated rings. The summed E-state index contributed by atoms with van der Waals surface area (Å²) in [5.74, 6) is 1.95. The lowest BCUT2D eigenvalue weighted by molar-refractivity contribution is 0.598. The molecule has 0 aromatic carbocycles. The molecule has 0 atom stereocenters. The van der Waals surface area contributed by atoms with Gasteiger partial charge in [0.2, 0.25) is 5.56 Å². The molecule has 1 aromatic rings. The van der Waals surface area contributed by atoms with Crippen LogP contribution in [0.3, 0.4) is 0 Å². The van der Waals surface area contributed by atoms with Crippen LogP contribution in [0.5, 0.6) is 0 Å². The second-order valence-corrected chi connectivity index (χ2v) is 5.61. The van der Waals surface area contributed by atoms with E-state index in [9.17, 15) is 4.79 Å². The van der Waals surface area contributed by atoms with Crippen LogP contribution in [-0.2, 0) is 6.54 Å². The smallest absolute Gasteiger partial charge is 0.250 e. The molecule has 0 radical (unpaired) electrons. The SMILES string of the molecule is CCNC(=NCCCCn1ccccc1=O)NCCSC. The largest absolute Gasteiger partial charge is 0.357 e. The maximum atomic E-state index is 11.5. The molecule has 21 heavy (non-hydrogen) atoms. The van der Waals surface area contributed by atoms with E-state index in [-0.39, 0.29) is 5.56 Å². The first kappa shape index (κ1) is 17.6. The fourth-order valence-corrected chi connectivity index (χ4v) is 2.15. The van der Waals surface area contributed by atoms with Crippen LogP contribution >= 0.6 is 11.8 Å². The molecule has 0 bridgehead atoms. The van der Waals surface area contributed by atoms with Crippen LogP contribution in [0.4, 0.5) is 0 Å². The zero-order valence-corrected chi connectivity index (χ0v) is 13.8. The molecule has 5 nitrogen and oxygen atoms in total. The van der Waals surface area contributed by atoms with Gasteiger partial charge in [0.05, 0.1) is 0 Å². The summed E-state index contributed by atoms with van der Waals surface area (Å²) in [6.07, 6.45) is 5.86. The van der Waals surface area contributed by atoms with Crippen LogP contribution in [0.1, 0.15) is 19.8 Å². The van der Waals surface area contributed by atoms with Crippen molar-refractivity contribution in [2.24, 2.45) is 4.99 Å². The number of nitrogens with one attached hydrogen (secondary N) is 2. The van der Waals surface area contributed by atoms with Crippen LogP contribution in [0.15, 0.2) is 34.2 Å². The number of hydrogen-bond donors (Lipinski definition) is 2. The molecular weight excluding hydrogens is 284 g/mol. The highest BCUT2D eigenvalue weighted by molar-refractivity contribution is 7.98. The maximum Gasteiger partial charge on any atom is 0.250 e. The molecule has 0 aliphatic carbocycles. The monoisotopic (exact) mass is 310 g/mol. The van der Waals surface area contributed by atoms with E-state index in [2.05, 4.69) is 28.8 Å². The van der Waals surface area contributed by atoms with Gasteiger partial charge in [-0.1, -0.05) is 6.07 Å². The van der Waals surface area contributed by atoms with Crippen LogP contribution in [0, 0.1) is 0 Å². The van der Waals surface area contributed by atoms with E-state index in [1.807, 2.05) is 24.0 Å². The Labute approximate surface area is 131 Å². The van der Waals surface area contributed by atoms with E-state index in [0.717, 1.165) is 50.7 Å². The second-order valence-electron chi connectivity index (χ2n) is 4.62. The minimum Gasteiger partial charge on any atom is -0.357 e. The summed E-state index contributed by atoms with van der Waals surface area (Å²) in [6.45, 7) is 5.38. The van der Waals surface area contributed by atoms with Gasteiger partial charge in [-0.3, -0.25) is 9.79 Å². The zero-order valence-electron chi connectivity index (χ0n) is 13.0. The van der Waals surface area contributed by atoms with Gasteiger partial charge in [0.15, 0.2) is 5.96 Å². The lowest BCUT2D eigenvalue weighted by Crippen LogP contribution is -2.38. The molecule has 0 saturated carbocycles. The molecule has 1 heterocycles. The molecule has 1 rings (SSSR count). The Bertz CT molecular complexity index is 473. The first-order valence-corrected chi connectivity index (χ1v) is 8.84. The first-order chi connectivity index (χ1) is 10.3. The molecule has 0 spiro atoms. The summed E-state index contributed by atoms with van der Waals surface area (Å²) in [7, 11) is 0. The molecule has 118 valence electrons. The Morgan fingerprint density at radius 3 is 2.90 bits per heavy atom. The summed E-state index contributed by atoms with van der Waals surface area (Å²) in [5, 5.41) is 6.54. The van der Waals surface area contributed by atoms with E-state index in [1.54, 1.807) is 16.7 Å². The van der Waals surface area contributed by atoms with Gasteiger partial charge in [-0.05, 0) is 32.1 Å². The van der Waals surface area contributed by atoms with Crippen molar-refractivity contribution in [3.8, 4) is 0 Å². The van der Waals surface area contributed by atoms with Gasteiger partial charge >= 0.3 is 0 Å². The van der Waals surface area contributed by atoms with Crippen molar-refractivity contribution in [2.45, 2.75) is 26.3 Å². The number of pyridine rings is 1. The van der Waals surface area contributed by atoms with Crippen LogP contribution in [0.25, 0.3) is 0 Å². The normalized spacial score (nSPS) is 11.4. The maximum absolute atomic E-state index is 11.5. The Balaban J connectivity index is 2.27. The number of aromatic nitrogens is 1. The molecule has 2 N–H and O–H groups in total. The van der Waals surface area contributed by atoms with Gasteiger partial charge in [0, 0.05) is 44.2 Å². The van der Waals surface area contributed by atoms with Gasteiger partial charge in [0.1, 0.15) is 0 Å². The second kappa shape index (κ2) is 11.3. The van der Waals surface area contributed by atoms with Crippen molar-refractivity contribution < 1.29 is 0 Å². The predicted molar refractivity (Wildman–Crippen MR) is 92.3 cm³/mol. The average Bonchev–Trinajstić information content (AvgIpc) is 2.49. The van der Waals surface area contributed by atoms with Crippen molar-refractivity contribution >= 4 is 17.7 Å². The summed E-state index contributed by atoms with van der Waals surface area (Å²) in [5.41, 5.74) is 0.0630. The number of guanidine groups is 1. The number of aryl methyl sites for hydroxylation is 1. The topological polar surface area (TPSA) is 58.4 Å². The molecule has 0 amide bonds. The highest BCUT2D eigenvalue weighted by Gasteiger charge is 1.97. The van der Waals surface area contributed by atoms with Crippen LogP contribution < -0.4 is 16.2 Å². The molecule has 1 aromatic heterocycles. The standard InChI is InChI=1S/C15H26N4OS/c1-3-16-15(18-10-13-21-2)17-9-5-7-12-19-11-6-4-8-14(19)20/h4,6,8,11H,3,5,7,9-10,12-13H2,1-2H3,(H2,16,17,18). The third-order valence-electron chi connectivity index (χ3n) is 2.92. The number of unbranched alkanes of at least 4 members (excludes halogenated alkanes) is 1. The van der Waals surface area contributed by atoms with Crippen molar-refractivity contribution in [1.29, 1.82) is 0 Å². The van der Waals surface area contributed by atoms with E-state index in [1.165, 1.54) is 0 Å². The third-order valence-corrected chi connectivity index (χ3v) is 3.53. The van der Waals surface area contributed by atoms with E-state index in [4.69, 9.17) is 0 Å². The Morgan fingerprint density at radius 1 is 1.33 bits per heavy atom. The molecule has 0 aliphatic rings. The lowest BCUT2D eigenvalue weighted by Gasteiger charge is -2.10. The lowest BCUT2D eigenvalue weighted by atomic mass is 10.3. The minimum absolute atomic E-state index is 0.0630. The van der Waals surface area contributed by atoms with Crippen molar-refractivity contribution in [3.05, 3.63) is 34.7 Å². The third kappa shape index (κ3) is 7.80. The molecule has 6 heteroatoms. The fraction of sp³-hybridized carbons (Fsp3) is 0.600. The Morgan fingerprint density at radius 2 is 2.19 bits per heavy atom. The van der Waals surface area contributed by atoms with Gasteiger partial charge in [-0.25, -0.2) is 0 Å². The van der Waals surface area contributed by atoms with Crippen LogP contribution in [0.2, 0.25) is 0 Å². The number of nitrogens with zero attached hydrogens (tertiary/aromatic N) is 2. The summed E-state index contributed by atoms with van der Waals surface area (Å²) < 4.78 is 1.74. The fourth-order valence-electron chi connectivity index (χ4n) is 1.84. The number of rotatable bonds is 9. The first-order valence-electron chi connectivity index (χ1n) is 7.44. The zero-order chi connectivity index (χ0) is 15.3. The van der Waals surface area contributed by atoms with E-state index in [0.29, 0.717) is 0 Å². The Hall–Kier alpha value is -1.43. The van der Waals surface area contributed by atoms with E-state index >= 15 is 0 Å². The van der Waals surface area contributed by atoms with Crippen molar-refractivity contribution in [3.63, 3.8) is 0 Å². The number of hydrogen-bond acceptors (Lipinski definition) is 3. The predicted octanol–water partition coefficient (Wildman–Crippen LogP) is 1.55. The summed E-state index contributed by atoms with van der Waals surface area (Å²) >= 11 is 1.81. The quantitative estimate of drug-likeness (QED) is 0.413. The summed E-state index contributed by atoms with van der Waals surface area (Å²) in [6, 6.07) is 5.25. The molecule has 0 unspecified atom stereocenters. The average molecular weight is 310 g/mol. The van der Waals surface area contributed by atoms with E-state index < -0.39 is 0 Å².